The summed E-state index contributed by atoms with van der Waals surface area (Å²) in [6, 6.07) is 7.94. The maximum absolute atomic E-state index is 16.7. The molecule has 3 atom stereocenters. The number of hydrogen-bond acceptors (Lipinski definition) is 8. The molecule has 7 rings (SSSR count). The van der Waals surface area contributed by atoms with Crippen molar-refractivity contribution < 1.29 is 26.3 Å². The molecule has 3 saturated heterocycles. The molecule has 0 saturated carbocycles. The standard InChI is InChI=1S/C34H34F3N5O3S/c1-3-24-27(36)11-10-22-8-4-9-25(28(22)24)30-29(37)31-26(16-38-30)32(41-13-5-7-21(17-41)19-46(2,43)44)40-33(39-31)45-20-34-12-6-14-42(34)18-23(35)15-34/h1,4,8-11,16,21,23H,5-7,12-15,17-20H2,2H3/t21?,23-,34+/m1/s1. The van der Waals surface area contributed by atoms with Gasteiger partial charge in [0.05, 0.1) is 22.2 Å². The first kappa shape index (κ1) is 30.7. The number of hydrogen-bond donors (Lipinski definition) is 0. The van der Waals surface area contributed by atoms with Crippen LogP contribution in [0.5, 0.6) is 6.01 Å². The van der Waals surface area contributed by atoms with Gasteiger partial charge in [0.1, 0.15) is 45.5 Å². The molecular formula is C34H34F3N5O3S. The maximum atomic E-state index is 16.7. The highest BCUT2D eigenvalue weighted by molar-refractivity contribution is 7.90. The van der Waals surface area contributed by atoms with Gasteiger partial charge in [-0.1, -0.05) is 30.2 Å². The lowest BCUT2D eigenvalue weighted by Crippen LogP contribution is -2.43. The molecule has 3 fully saturated rings. The minimum atomic E-state index is -3.21. The van der Waals surface area contributed by atoms with Gasteiger partial charge in [-0.2, -0.15) is 9.97 Å². The number of benzene rings is 2. The van der Waals surface area contributed by atoms with Crippen LogP contribution in [0.15, 0.2) is 36.5 Å². The molecule has 1 unspecified atom stereocenters. The van der Waals surface area contributed by atoms with E-state index < -0.39 is 33.2 Å². The van der Waals surface area contributed by atoms with Gasteiger partial charge in [-0.05, 0) is 49.6 Å². The molecule has 0 radical (unpaired) electrons. The number of pyridine rings is 1. The number of piperidine rings is 1. The topological polar surface area (TPSA) is 88.5 Å². The van der Waals surface area contributed by atoms with E-state index >= 15 is 4.39 Å². The van der Waals surface area contributed by atoms with Crippen LogP contribution >= 0.6 is 0 Å². The zero-order valence-electron chi connectivity index (χ0n) is 25.5. The summed E-state index contributed by atoms with van der Waals surface area (Å²) >= 11 is 0. The summed E-state index contributed by atoms with van der Waals surface area (Å²) in [5.74, 6) is 1.34. The van der Waals surface area contributed by atoms with Gasteiger partial charge < -0.3 is 9.64 Å². The second-order valence-electron chi connectivity index (χ2n) is 12.9. The Hall–Kier alpha value is -3.95. The number of sulfone groups is 1. The molecule has 2 aromatic carbocycles. The van der Waals surface area contributed by atoms with Crippen LogP contribution in [0.1, 0.15) is 37.7 Å². The third-order valence-corrected chi connectivity index (χ3v) is 10.7. The quantitative estimate of drug-likeness (QED) is 0.249. The third kappa shape index (κ3) is 5.53. The van der Waals surface area contributed by atoms with Crippen LogP contribution in [0, 0.1) is 29.9 Å². The Morgan fingerprint density at radius 1 is 1.13 bits per heavy atom. The second-order valence-corrected chi connectivity index (χ2v) is 15.1. The summed E-state index contributed by atoms with van der Waals surface area (Å²) in [6.07, 6.45) is 11.0. The second kappa shape index (κ2) is 11.7. The molecule has 0 spiro atoms. The van der Waals surface area contributed by atoms with Crippen molar-refractivity contribution in [3.8, 4) is 29.6 Å². The minimum Gasteiger partial charge on any atom is -0.461 e. The highest BCUT2D eigenvalue weighted by Gasteiger charge is 2.49. The van der Waals surface area contributed by atoms with Gasteiger partial charge in [0.15, 0.2) is 5.82 Å². The van der Waals surface area contributed by atoms with Crippen molar-refractivity contribution in [3.05, 3.63) is 53.7 Å². The molecule has 3 aliphatic rings. The number of ether oxygens (including phenoxy) is 1. The van der Waals surface area contributed by atoms with Gasteiger partial charge in [-0.15, -0.1) is 6.42 Å². The van der Waals surface area contributed by atoms with E-state index in [9.17, 15) is 17.2 Å². The molecule has 2 aromatic heterocycles. The molecule has 4 aromatic rings. The van der Waals surface area contributed by atoms with Crippen molar-refractivity contribution in [2.75, 3.05) is 49.7 Å². The SMILES string of the molecule is C#Cc1c(F)ccc2cccc(-c3ncc4c(N5CCCC(CS(C)(=O)=O)C5)nc(OC[C@@]56CCCN5C[C@H](F)C6)nc4c3F)c12. The van der Waals surface area contributed by atoms with Gasteiger partial charge in [0.2, 0.25) is 0 Å². The largest absolute Gasteiger partial charge is 0.461 e. The van der Waals surface area contributed by atoms with Crippen LogP contribution in [0.3, 0.4) is 0 Å². The van der Waals surface area contributed by atoms with E-state index in [0.717, 1.165) is 32.2 Å². The fraction of sp³-hybridized carbons (Fsp3) is 0.441. The van der Waals surface area contributed by atoms with Gasteiger partial charge >= 0.3 is 6.01 Å². The molecule has 240 valence electrons. The molecule has 46 heavy (non-hydrogen) atoms. The Labute approximate surface area is 265 Å². The van der Waals surface area contributed by atoms with Crippen LogP contribution in [-0.4, -0.2) is 84.8 Å². The number of alkyl halides is 1. The molecule has 5 heterocycles. The Bertz CT molecular complexity index is 2000. The van der Waals surface area contributed by atoms with Crippen molar-refractivity contribution in [1.82, 2.24) is 19.9 Å². The molecule has 0 amide bonds. The predicted molar refractivity (Wildman–Crippen MR) is 171 cm³/mol. The number of nitrogens with zero attached hydrogens (tertiary/aromatic N) is 5. The van der Waals surface area contributed by atoms with Gasteiger partial charge in [-0.25, -0.2) is 21.6 Å². The molecule has 12 heteroatoms. The highest BCUT2D eigenvalue weighted by atomic mass is 32.2. The van der Waals surface area contributed by atoms with Crippen molar-refractivity contribution >= 4 is 37.3 Å². The first-order valence-electron chi connectivity index (χ1n) is 15.5. The normalized spacial score (nSPS) is 23.6. The fourth-order valence-corrected chi connectivity index (χ4v) is 8.80. The van der Waals surface area contributed by atoms with Crippen LogP contribution < -0.4 is 9.64 Å². The summed E-state index contributed by atoms with van der Waals surface area (Å²) in [6.45, 7) is 2.28. The van der Waals surface area contributed by atoms with Crippen molar-refractivity contribution in [2.45, 2.75) is 43.8 Å². The number of rotatable bonds is 7. The lowest BCUT2D eigenvalue weighted by atomic mass is 9.95. The van der Waals surface area contributed by atoms with Crippen molar-refractivity contribution in [2.24, 2.45) is 5.92 Å². The van der Waals surface area contributed by atoms with E-state index in [4.69, 9.17) is 16.1 Å². The summed E-state index contributed by atoms with van der Waals surface area (Å²) in [7, 11) is -3.21. The number of aromatic nitrogens is 3. The average molecular weight is 650 g/mol. The minimum absolute atomic E-state index is 0.00938. The molecule has 0 bridgehead atoms. The van der Waals surface area contributed by atoms with Crippen molar-refractivity contribution in [3.63, 3.8) is 0 Å². The number of terminal acetylenes is 1. The van der Waals surface area contributed by atoms with E-state index in [0.29, 0.717) is 53.6 Å². The highest BCUT2D eigenvalue weighted by Crippen LogP contribution is 2.41. The van der Waals surface area contributed by atoms with Crippen molar-refractivity contribution in [1.29, 1.82) is 0 Å². The number of anilines is 1. The fourth-order valence-electron chi connectivity index (χ4n) is 7.68. The first-order chi connectivity index (χ1) is 22.0. The van der Waals surface area contributed by atoms with Gasteiger partial charge in [0.25, 0.3) is 0 Å². The third-order valence-electron chi connectivity index (χ3n) is 9.63. The Morgan fingerprint density at radius 3 is 2.78 bits per heavy atom. The van der Waals surface area contributed by atoms with Crippen LogP contribution in [-0.2, 0) is 9.84 Å². The molecular weight excluding hydrogens is 615 g/mol. The predicted octanol–water partition coefficient (Wildman–Crippen LogP) is 5.32. The zero-order valence-corrected chi connectivity index (χ0v) is 26.3. The average Bonchev–Trinajstić information content (AvgIpc) is 3.55. The first-order valence-corrected chi connectivity index (χ1v) is 17.6. The van der Waals surface area contributed by atoms with Gasteiger partial charge in [0, 0.05) is 49.5 Å². The van der Waals surface area contributed by atoms with Crippen LogP contribution in [0.4, 0.5) is 19.0 Å². The van der Waals surface area contributed by atoms with E-state index in [2.05, 4.69) is 20.8 Å². The van der Waals surface area contributed by atoms with E-state index in [-0.39, 0.29) is 41.1 Å². The smallest absolute Gasteiger partial charge is 0.319 e. The van der Waals surface area contributed by atoms with Crippen LogP contribution in [0.25, 0.3) is 32.9 Å². The molecule has 0 N–H and O–H groups in total. The summed E-state index contributed by atoms with van der Waals surface area (Å²) in [5, 5.41) is 1.33. The molecule has 3 aliphatic heterocycles. The van der Waals surface area contributed by atoms with Gasteiger partial charge in [-0.3, -0.25) is 9.88 Å². The monoisotopic (exact) mass is 649 g/mol. The van der Waals surface area contributed by atoms with E-state index in [1.165, 1.54) is 18.5 Å². The zero-order chi connectivity index (χ0) is 32.2. The summed E-state index contributed by atoms with van der Waals surface area (Å²) in [5.41, 5.74) is -0.235. The Balaban J connectivity index is 1.35. The van der Waals surface area contributed by atoms with Crippen LogP contribution in [0.2, 0.25) is 0 Å². The number of halogens is 3. The van der Waals surface area contributed by atoms with E-state index in [1.54, 1.807) is 24.3 Å². The lowest BCUT2D eigenvalue weighted by molar-refractivity contribution is 0.107. The summed E-state index contributed by atoms with van der Waals surface area (Å²) < 4.78 is 76.4. The Morgan fingerprint density at radius 2 is 1.98 bits per heavy atom. The molecule has 0 aliphatic carbocycles. The maximum Gasteiger partial charge on any atom is 0.319 e. The van der Waals surface area contributed by atoms with E-state index in [1.807, 2.05) is 4.90 Å². The molecule has 8 nitrogen and oxygen atoms in total. The lowest BCUT2D eigenvalue weighted by Gasteiger charge is -2.34. The number of fused-ring (bicyclic) bond motifs is 3. The Kier molecular flexibility index (Phi) is 7.80. The summed E-state index contributed by atoms with van der Waals surface area (Å²) in [4.78, 5) is 17.8.